The standard InChI is InChI=1S/C27H33N5O4S/c1-16-21(37-15-30-16)18-7-5-17(6-8-18)12-29-23(34)20-11-19(33)13-32(20)24(35)22(26(2,3)4)31-25(36)27(14-28)9-10-27/h5-8,15,19-20,22,33H,9-13H2,1-4H3,(H,29,34)(H,31,36)/t19?,20?,22-/m1/s1. The third-order valence-corrected chi connectivity index (χ3v) is 8.06. The summed E-state index contributed by atoms with van der Waals surface area (Å²) in [6.45, 7) is 7.71. The summed E-state index contributed by atoms with van der Waals surface area (Å²) in [4.78, 5) is 46.2. The molecule has 2 aliphatic rings. The number of aliphatic hydroxyl groups is 1. The molecule has 196 valence electrons. The second kappa shape index (κ2) is 10.2. The van der Waals surface area contributed by atoms with Gasteiger partial charge in [-0.3, -0.25) is 14.4 Å². The van der Waals surface area contributed by atoms with E-state index in [1.165, 1.54) is 4.90 Å². The van der Waals surface area contributed by atoms with E-state index < -0.39 is 40.8 Å². The van der Waals surface area contributed by atoms with Crippen LogP contribution in [0.5, 0.6) is 0 Å². The molecule has 1 saturated heterocycles. The van der Waals surface area contributed by atoms with Crippen molar-refractivity contribution in [3.05, 3.63) is 41.0 Å². The van der Waals surface area contributed by atoms with Crippen molar-refractivity contribution in [3.63, 3.8) is 0 Å². The summed E-state index contributed by atoms with van der Waals surface area (Å²) in [7, 11) is 0. The molecule has 2 unspecified atom stereocenters. The van der Waals surface area contributed by atoms with E-state index in [4.69, 9.17) is 0 Å². The van der Waals surface area contributed by atoms with Crippen molar-refractivity contribution in [1.29, 1.82) is 5.26 Å². The maximum Gasteiger partial charge on any atom is 0.246 e. The molecule has 9 nitrogen and oxygen atoms in total. The number of nitrogens with one attached hydrogen (secondary N) is 2. The van der Waals surface area contributed by atoms with Crippen LogP contribution in [0.1, 0.15) is 51.3 Å². The molecule has 2 fully saturated rings. The fraction of sp³-hybridized carbons (Fsp3) is 0.519. The van der Waals surface area contributed by atoms with Gasteiger partial charge in [-0.1, -0.05) is 45.0 Å². The monoisotopic (exact) mass is 523 g/mol. The molecular formula is C27H33N5O4S. The molecule has 0 spiro atoms. The fourth-order valence-electron chi connectivity index (χ4n) is 4.56. The first kappa shape index (κ1) is 26.8. The quantitative estimate of drug-likeness (QED) is 0.510. The van der Waals surface area contributed by atoms with Crippen LogP contribution in [0.25, 0.3) is 10.4 Å². The minimum Gasteiger partial charge on any atom is -0.391 e. The first-order valence-corrected chi connectivity index (χ1v) is 13.3. The van der Waals surface area contributed by atoms with E-state index >= 15 is 0 Å². The van der Waals surface area contributed by atoms with Gasteiger partial charge in [0.2, 0.25) is 17.7 Å². The zero-order valence-corrected chi connectivity index (χ0v) is 22.4. The van der Waals surface area contributed by atoms with E-state index in [0.717, 1.165) is 21.7 Å². The van der Waals surface area contributed by atoms with E-state index in [1.807, 2.05) is 57.5 Å². The number of carbonyl (C=O) groups excluding carboxylic acids is 3. The number of hydrogen-bond donors (Lipinski definition) is 3. The Morgan fingerprint density at radius 3 is 2.49 bits per heavy atom. The average molecular weight is 524 g/mol. The number of rotatable bonds is 7. The highest BCUT2D eigenvalue weighted by Crippen LogP contribution is 2.45. The minimum absolute atomic E-state index is 0.00562. The molecule has 2 aromatic rings. The average Bonchev–Trinajstić information content (AvgIpc) is 3.40. The summed E-state index contributed by atoms with van der Waals surface area (Å²) < 4.78 is 0. The highest BCUT2D eigenvalue weighted by Gasteiger charge is 2.53. The first-order valence-electron chi connectivity index (χ1n) is 12.4. The number of amides is 3. The predicted molar refractivity (Wildman–Crippen MR) is 139 cm³/mol. The molecule has 2 heterocycles. The van der Waals surface area contributed by atoms with Gasteiger partial charge < -0.3 is 20.6 Å². The molecule has 10 heteroatoms. The van der Waals surface area contributed by atoms with E-state index in [2.05, 4.69) is 21.7 Å². The Labute approximate surface area is 220 Å². The smallest absolute Gasteiger partial charge is 0.246 e. The van der Waals surface area contributed by atoms with Crippen LogP contribution in [0.3, 0.4) is 0 Å². The van der Waals surface area contributed by atoms with Gasteiger partial charge in [-0.05, 0) is 36.3 Å². The summed E-state index contributed by atoms with van der Waals surface area (Å²) >= 11 is 1.58. The molecule has 3 N–H and O–H groups in total. The number of aliphatic hydroxyl groups excluding tert-OH is 1. The lowest BCUT2D eigenvalue weighted by Crippen LogP contribution is -2.58. The van der Waals surface area contributed by atoms with Crippen LogP contribution >= 0.6 is 11.3 Å². The van der Waals surface area contributed by atoms with Crippen LogP contribution in [-0.2, 0) is 20.9 Å². The SMILES string of the molecule is Cc1ncsc1-c1ccc(CNC(=O)C2CC(O)CN2C(=O)[C@@H](NC(=O)C2(C#N)CC2)C(C)(C)C)cc1. The lowest BCUT2D eigenvalue weighted by molar-refractivity contribution is -0.144. The summed E-state index contributed by atoms with van der Waals surface area (Å²) in [5.41, 5.74) is 3.02. The maximum atomic E-state index is 13.6. The van der Waals surface area contributed by atoms with Crippen LogP contribution < -0.4 is 10.6 Å². The van der Waals surface area contributed by atoms with Crippen molar-refractivity contribution in [3.8, 4) is 16.5 Å². The normalized spacial score (nSPS) is 21.1. The highest BCUT2D eigenvalue weighted by molar-refractivity contribution is 7.13. The van der Waals surface area contributed by atoms with Gasteiger partial charge in [0.05, 0.1) is 28.3 Å². The van der Waals surface area contributed by atoms with Crippen molar-refractivity contribution in [2.75, 3.05) is 6.54 Å². The second-order valence-corrected chi connectivity index (χ2v) is 11.9. The van der Waals surface area contributed by atoms with Crippen molar-refractivity contribution < 1.29 is 19.5 Å². The number of likely N-dealkylation sites (tertiary alicyclic amines) is 1. The Bertz CT molecular complexity index is 1220. The third kappa shape index (κ3) is 5.68. The van der Waals surface area contributed by atoms with E-state index in [0.29, 0.717) is 12.8 Å². The van der Waals surface area contributed by atoms with Crippen LogP contribution in [0.4, 0.5) is 0 Å². The number of thiazole rings is 1. The van der Waals surface area contributed by atoms with Gasteiger partial charge in [0.25, 0.3) is 0 Å². The topological polar surface area (TPSA) is 135 Å². The number of hydrogen-bond acceptors (Lipinski definition) is 7. The Morgan fingerprint density at radius 1 is 1.27 bits per heavy atom. The van der Waals surface area contributed by atoms with Gasteiger partial charge in [-0.15, -0.1) is 11.3 Å². The summed E-state index contributed by atoms with van der Waals surface area (Å²) in [6.07, 6.45) is 0.220. The van der Waals surface area contributed by atoms with Crippen LogP contribution in [-0.4, -0.2) is 57.4 Å². The lowest BCUT2D eigenvalue weighted by atomic mass is 9.85. The number of aromatic nitrogens is 1. The second-order valence-electron chi connectivity index (χ2n) is 11.0. The molecule has 1 saturated carbocycles. The molecule has 1 aromatic carbocycles. The Balaban J connectivity index is 1.43. The number of nitrogens with zero attached hydrogens (tertiary/aromatic N) is 3. The van der Waals surface area contributed by atoms with Gasteiger partial charge >= 0.3 is 0 Å². The molecule has 0 bridgehead atoms. The summed E-state index contributed by atoms with van der Waals surface area (Å²) in [5, 5.41) is 25.4. The van der Waals surface area contributed by atoms with Crippen molar-refractivity contribution >= 4 is 29.1 Å². The Kier molecular flexibility index (Phi) is 7.40. The minimum atomic E-state index is -1.07. The van der Waals surface area contributed by atoms with Crippen molar-refractivity contribution in [2.45, 2.75) is 71.7 Å². The summed E-state index contributed by atoms with van der Waals surface area (Å²) in [5.74, 6) is -1.25. The molecular weight excluding hydrogens is 490 g/mol. The van der Waals surface area contributed by atoms with Gasteiger partial charge in [0.15, 0.2) is 0 Å². The number of carbonyl (C=O) groups is 3. The van der Waals surface area contributed by atoms with Crippen molar-refractivity contribution in [2.24, 2.45) is 10.8 Å². The molecule has 37 heavy (non-hydrogen) atoms. The van der Waals surface area contributed by atoms with Crippen LogP contribution in [0.15, 0.2) is 29.8 Å². The number of β-amino-alcohol motifs (C(OH)–C–C–N with tert-alkyl or cyclic N) is 1. The predicted octanol–water partition coefficient (Wildman–Crippen LogP) is 2.53. The highest BCUT2D eigenvalue weighted by atomic mass is 32.1. The zero-order chi connectivity index (χ0) is 27.0. The number of benzene rings is 1. The third-order valence-electron chi connectivity index (χ3n) is 7.08. The molecule has 1 aliphatic heterocycles. The molecule has 4 rings (SSSR count). The fourth-order valence-corrected chi connectivity index (χ4v) is 5.38. The van der Waals surface area contributed by atoms with Crippen LogP contribution in [0.2, 0.25) is 0 Å². The lowest BCUT2D eigenvalue weighted by Gasteiger charge is -2.35. The molecule has 1 aliphatic carbocycles. The van der Waals surface area contributed by atoms with Gasteiger partial charge in [0, 0.05) is 19.5 Å². The molecule has 1 aromatic heterocycles. The van der Waals surface area contributed by atoms with Crippen LogP contribution in [0, 0.1) is 29.1 Å². The number of nitriles is 1. The summed E-state index contributed by atoms with van der Waals surface area (Å²) in [6, 6.07) is 8.12. The van der Waals surface area contributed by atoms with Crippen molar-refractivity contribution in [1.82, 2.24) is 20.5 Å². The number of aryl methyl sites for hydroxylation is 1. The zero-order valence-electron chi connectivity index (χ0n) is 21.6. The molecule has 0 radical (unpaired) electrons. The van der Waals surface area contributed by atoms with Gasteiger partial charge in [-0.25, -0.2) is 4.98 Å². The molecule has 3 atom stereocenters. The Hall–Kier alpha value is -3.29. The maximum absolute atomic E-state index is 13.6. The molecule has 3 amide bonds. The van der Waals surface area contributed by atoms with E-state index in [1.54, 1.807) is 11.3 Å². The first-order chi connectivity index (χ1) is 17.4. The van der Waals surface area contributed by atoms with Gasteiger partial charge in [-0.2, -0.15) is 5.26 Å². The largest absolute Gasteiger partial charge is 0.391 e. The van der Waals surface area contributed by atoms with E-state index in [9.17, 15) is 24.8 Å². The van der Waals surface area contributed by atoms with Gasteiger partial charge in [0.1, 0.15) is 17.5 Å². The van der Waals surface area contributed by atoms with E-state index in [-0.39, 0.29) is 25.4 Å². The Morgan fingerprint density at radius 2 is 1.95 bits per heavy atom.